The van der Waals surface area contributed by atoms with Gasteiger partial charge in [-0.15, -0.1) is 0 Å². The predicted molar refractivity (Wildman–Crippen MR) is 92.8 cm³/mol. The zero-order chi connectivity index (χ0) is 18.9. The lowest BCUT2D eigenvalue weighted by molar-refractivity contribution is 0.0696. The lowest BCUT2D eigenvalue weighted by Gasteiger charge is -2.14. The monoisotopic (exact) mass is 378 g/mol. The molecule has 0 atom stereocenters. The minimum atomic E-state index is -3.68. The molecule has 2 N–H and O–H groups in total. The number of nitrogens with one attached hydrogen (secondary N) is 1. The van der Waals surface area contributed by atoms with Crippen LogP contribution in [0.25, 0.3) is 0 Å². The van der Waals surface area contributed by atoms with E-state index in [1.54, 1.807) is 0 Å². The molecular formula is C17H18N2O6S. The first-order chi connectivity index (χ1) is 12.3. The molecule has 1 saturated heterocycles. The van der Waals surface area contributed by atoms with E-state index >= 15 is 0 Å². The molecule has 0 spiro atoms. The molecule has 0 saturated carbocycles. The van der Waals surface area contributed by atoms with Crippen molar-refractivity contribution < 1.29 is 27.5 Å². The molecule has 0 bridgehead atoms. The van der Waals surface area contributed by atoms with Crippen molar-refractivity contribution in [2.45, 2.75) is 24.7 Å². The second-order valence-electron chi connectivity index (χ2n) is 5.98. The Labute approximate surface area is 150 Å². The number of sulfonamides is 1. The molecule has 2 heterocycles. The van der Waals surface area contributed by atoms with Crippen LogP contribution in [0.15, 0.2) is 39.6 Å². The van der Waals surface area contributed by atoms with Crippen molar-refractivity contribution in [3.8, 4) is 0 Å². The molecule has 0 radical (unpaired) electrons. The van der Waals surface area contributed by atoms with Crippen LogP contribution in [-0.4, -0.2) is 42.8 Å². The van der Waals surface area contributed by atoms with Gasteiger partial charge in [0.15, 0.2) is 5.76 Å². The number of carboxylic acids is 1. The lowest BCUT2D eigenvalue weighted by atomic mass is 10.2. The van der Waals surface area contributed by atoms with Gasteiger partial charge in [-0.05, 0) is 44.0 Å². The fraction of sp³-hybridized carbons (Fsp3) is 0.294. The van der Waals surface area contributed by atoms with Crippen LogP contribution in [0.4, 0.5) is 5.69 Å². The fourth-order valence-electron chi connectivity index (χ4n) is 2.79. The largest absolute Gasteiger partial charge is 0.478 e. The molecule has 26 heavy (non-hydrogen) atoms. The second-order valence-corrected chi connectivity index (χ2v) is 7.89. The third-order valence-corrected chi connectivity index (χ3v) is 6.17. The number of carboxylic acid groups (broad SMARTS) is 1. The Morgan fingerprint density at radius 2 is 1.77 bits per heavy atom. The van der Waals surface area contributed by atoms with Crippen LogP contribution in [0.1, 0.15) is 39.5 Å². The predicted octanol–water partition coefficient (Wildman–Crippen LogP) is 2.32. The number of hydrogen-bond donors (Lipinski definition) is 2. The van der Waals surface area contributed by atoms with E-state index in [0.29, 0.717) is 18.8 Å². The molecule has 9 heteroatoms. The first-order valence-corrected chi connectivity index (χ1v) is 9.48. The molecule has 1 amide bonds. The van der Waals surface area contributed by atoms with Gasteiger partial charge in [0.05, 0.1) is 5.56 Å². The van der Waals surface area contributed by atoms with Gasteiger partial charge >= 0.3 is 5.97 Å². The summed E-state index contributed by atoms with van der Waals surface area (Å²) in [5, 5.41) is 11.4. The van der Waals surface area contributed by atoms with Crippen LogP contribution >= 0.6 is 0 Å². The first-order valence-electron chi connectivity index (χ1n) is 8.04. The van der Waals surface area contributed by atoms with Crippen molar-refractivity contribution in [1.82, 2.24) is 4.31 Å². The summed E-state index contributed by atoms with van der Waals surface area (Å²) in [7, 11) is -3.68. The van der Waals surface area contributed by atoms with Crippen LogP contribution in [0, 0.1) is 6.92 Å². The maximum Gasteiger partial charge on any atom is 0.335 e. The number of anilines is 1. The standard InChI is InChI=1S/C17H18N2O6S/c1-11-15(26(23,24)19-8-2-3-9-19)10-14(25-11)16(20)18-13-6-4-12(5-7-13)17(21)22/h4-7,10H,2-3,8-9H2,1H3,(H,18,20)(H,21,22). The van der Waals surface area contributed by atoms with Gasteiger partial charge in [-0.2, -0.15) is 4.31 Å². The summed E-state index contributed by atoms with van der Waals surface area (Å²) >= 11 is 0. The van der Waals surface area contributed by atoms with Crippen molar-refractivity contribution in [1.29, 1.82) is 0 Å². The van der Waals surface area contributed by atoms with Crippen LogP contribution in [0.3, 0.4) is 0 Å². The number of aromatic carboxylic acids is 1. The molecule has 2 aromatic rings. The van der Waals surface area contributed by atoms with E-state index in [9.17, 15) is 18.0 Å². The Hall–Kier alpha value is -2.65. The Bertz CT molecular complexity index is 940. The highest BCUT2D eigenvalue weighted by atomic mass is 32.2. The summed E-state index contributed by atoms with van der Waals surface area (Å²) in [4.78, 5) is 23.1. The van der Waals surface area contributed by atoms with Crippen LogP contribution in [0.5, 0.6) is 0 Å². The van der Waals surface area contributed by atoms with E-state index in [2.05, 4.69) is 5.32 Å². The van der Waals surface area contributed by atoms with Gasteiger partial charge < -0.3 is 14.8 Å². The molecule has 0 aliphatic carbocycles. The summed E-state index contributed by atoms with van der Waals surface area (Å²) in [6.07, 6.45) is 1.63. The molecular weight excluding hydrogens is 360 g/mol. The van der Waals surface area contributed by atoms with Crippen LogP contribution < -0.4 is 5.32 Å². The molecule has 1 aliphatic heterocycles. The normalized spacial score (nSPS) is 15.1. The summed E-state index contributed by atoms with van der Waals surface area (Å²) in [6, 6.07) is 6.82. The molecule has 138 valence electrons. The maximum absolute atomic E-state index is 12.6. The van der Waals surface area contributed by atoms with Crippen molar-refractivity contribution in [3.05, 3.63) is 47.4 Å². The maximum atomic E-state index is 12.6. The van der Waals surface area contributed by atoms with Crippen LogP contribution in [-0.2, 0) is 10.0 Å². The van der Waals surface area contributed by atoms with Crippen molar-refractivity contribution in [3.63, 3.8) is 0 Å². The number of carbonyl (C=O) groups excluding carboxylic acids is 1. The van der Waals surface area contributed by atoms with Gasteiger partial charge in [0.2, 0.25) is 10.0 Å². The summed E-state index contributed by atoms with van der Waals surface area (Å²) in [6.45, 7) is 2.43. The zero-order valence-corrected chi connectivity index (χ0v) is 14.9. The number of rotatable bonds is 5. The average Bonchev–Trinajstić information content (AvgIpc) is 3.25. The molecule has 0 unspecified atom stereocenters. The summed E-state index contributed by atoms with van der Waals surface area (Å²) in [5.74, 6) is -1.65. The molecule has 8 nitrogen and oxygen atoms in total. The number of amides is 1. The number of benzene rings is 1. The smallest absolute Gasteiger partial charge is 0.335 e. The van der Waals surface area contributed by atoms with Crippen LogP contribution in [0.2, 0.25) is 0 Å². The van der Waals surface area contributed by atoms with Crippen molar-refractivity contribution in [2.75, 3.05) is 18.4 Å². The summed E-state index contributed by atoms with van der Waals surface area (Å²) < 4.78 is 32.0. The highest BCUT2D eigenvalue weighted by Gasteiger charge is 2.31. The van der Waals surface area contributed by atoms with Gasteiger partial charge in [0, 0.05) is 24.8 Å². The van der Waals surface area contributed by atoms with Gasteiger partial charge in [0.25, 0.3) is 5.91 Å². The fourth-order valence-corrected chi connectivity index (χ4v) is 4.47. The minimum absolute atomic E-state index is 0.00854. The van der Waals surface area contributed by atoms with E-state index in [1.807, 2.05) is 0 Å². The lowest BCUT2D eigenvalue weighted by Crippen LogP contribution is -2.28. The first kappa shape index (κ1) is 18.2. The van der Waals surface area contributed by atoms with E-state index in [4.69, 9.17) is 9.52 Å². The Morgan fingerprint density at radius 3 is 2.35 bits per heavy atom. The number of furan rings is 1. The quantitative estimate of drug-likeness (QED) is 0.825. The SMILES string of the molecule is Cc1oc(C(=O)Nc2ccc(C(=O)O)cc2)cc1S(=O)(=O)N1CCCC1. The number of carbonyl (C=O) groups is 2. The summed E-state index contributed by atoms with van der Waals surface area (Å²) in [5.41, 5.74) is 0.467. The minimum Gasteiger partial charge on any atom is -0.478 e. The van der Waals surface area contributed by atoms with Crippen molar-refractivity contribution in [2.24, 2.45) is 0 Å². The highest BCUT2D eigenvalue weighted by Crippen LogP contribution is 2.26. The van der Waals surface area contributed by atoms with Gasteiger partial charge in [-0.1, -0.05) is 0 Å². The third kappa shape index (κ3) is 3.49. The van der Waals surface area contributed by atoms with Crippen molar-refractivity contribution >= 4 is 27.6 Å². The van der Waals surface area contributed by atoms with E-state index in [-0.39, 0.29) is 22.0 Å². The van der Waals surface area contributed by atoms with E-state index in [0.717, 1.165) is 12.8 Å². The molecule has 1 aromatic heterocycles. The number of hydrogen-bond acceptors (Lipinski definition) is 5. The Morgan fingerprint density at radius 1 is 1.15 bits per heavy atom. The van der Waals surface area contributed by atoms with Gasteiger partial charge in [-0.25, -0.2) is 13.2 Å². The Kier molecular flexibility index (Phi) is 4.84. The molecule has 1 fully saturated rings. The second kappa shape index (κ2) is 6.93. The third-order valence-electron chi connectivity index (χ3n) is 4.17. The zero-order valence-electron chi connectivity index (χ0n) is 14.1. The van der Waals surface area contributed by atoms with E-state index in [1.165, 1.54) is 41.6 Å². The molecule has 1 aliphatic rings. The highest BCUT2D eigenvalue weighted by molar-refractivity contribution is 7.89. The number of nitrogens with zero attached hydrogens (tertiary/aromatic N) is 1. The van der Waals surface area contributed by atoms with Gasteiger partial charge in [0.1, 0.15) is 10.7 Å². The molecule has 3 rings (SSSR count). The Balaban J connectivity index is 1.79. The topological polar surface area (TPSA) is 117 Å². The average molecular weight is 378 g/mol. The molecule has 1 aromatic carbocycles. The van der Waals surface area contributed by atoms with Gasteiger partial charge in [-0.3, -0.25) is 4.79 Å². The number of aryl methyl sites for hydroxylation is 1. The van der Waals surface area contributed by atoms with E-state index < -0.39 is 21.9 Å².